The molecule has 0 bridgehead atoms. The Hall–Kier alpha value is -4.96. The summed E-state index contributed by atoms with van der Waals surface area (Å²) >= 11 is 14.1. The first kappa shape index (κ1) is 37.0. The van der Waals surface area contributed by atoms with Crippen molar-refractivity contribution in [3.05, 3.63) is 91.9 Å². The predicted octanol–water partition coefficient (Wildman–Crippen LogP) is 6.58. The van der Waals surface area contributed by atoms with Gasteiger partial charge in [-0.15, -0.1) is 0 Å². The highest BCUT2D eigenvalue weighted by Crippen LogP contribution is 2.47. The number of anilines is 2. The van der Waals surface area contributed by atoms with Crippen LogP contribution in [0, 0.1) is 0 Å². The minimum atomic E-state index is -4.78. The summed E-state index contributed by atoms with van der Waals surface area (Å²) in [5.41, 5.74) is 2.35. The monoisotopic (exact) mass is 794 g/mol. The highest BCUT2D eigenvalue weighted by atomic mass is 35.5. The molecule has 2 fully saturated rings. The van der Waals surface area contributed by atoms with Crippen LogP contribution < -0.4 is 20.9 Å². The molecule has 8 rings (SSSR count). The molecule has 17 heteroatoms. The minimum absolute atomic E-state index is 0.0308. The topological polar surface area (TPSA) is 138 Å². The highest BCUT2D eigenvalue weighted by Gasteiger charge is 2.49. The normalized spacial score (nSPS) is 19.7. The Bertz CT molecular complexity index is 2430. The second kappa shape index (κ2) is 14.0. The zero-order chi connectivity index (χ0) is 38.8. The fourth-order valence-electron chi connectivity index (χ4n) is 8.12. The molecule has 2 aliphatic heterocycles. The van der Waals surface area contributed by atoms with Crippen molar-refractivity contribution in [3.63, 3.8) is 0 Å². The lowest BCUT2D eigenvalue weighted by molar-refractivity contribution is -0.141. The molecule has 286 valence electrons. The fraction of sp³-hybridized carbons (Fsp3) is 0.342. The van der Waals surface area contributed by atoms with Gasteiger partial charge in [0.05, 0.1) is 52.3 Å². The first-order valence-electron chi connectivity index (χ1n) is 17.6. The minimum Gasteiger partial charge on any atom is -0.481 e. The molecule has 2 saturated heterocycles. The average molecular weight is 796 g/mol. The molecule has 2 unspecified atom stereocenters. The number of fused-ring (bicyclic) bond motifs is 2. The van der Waals surface area contributed by atoms with E-state index in [9.17, 15) is 27.9 Å². The molecule has 5 heterocycles. The predicted molar refractivity (Wildman–Crippen MR) is 202 cm³/mol. The maximum absolute atomic E-state index is 13.8. The van der Waals surface area contributed by atoms with Gasteiger partial charge in [-0.1, -0.05) is 53.5 Å². The number of benzene rings is 2. The molecular formula is C38H35Cl2F3N8O4. The number of aryl methyl sites for hydroxylation is 2. The van der Waals surface area contributed by atoms with Crippen molar-refractivity contribution in [3.8, 4) is 28.3 Å². The van der Waals surface area contributed by atoms with Gasteiger partial charge in [-0.3, -0.25) is 9.69 Å². The van der Waals surface area contributed by atoms with Crippen LogP contribution in [0.1, 0.15) is 35.7 Å². The van der Waals surface area contributed by atoms with Gasteiger partial charge in [-0.25, -0.2) is 19.4 Å². The molecule has 1 aliphatic carbocycles. The van der Waals surface area contributed by atoms with Gasteiger partial charge in [0.25, 0.3) is 5.56 Å². The summed E-state index contributed by atoms with van der Waals surface area (Å²) in [5.74, 6) is 0.168. The number of nitrogens with one attached hydrogen (secondary N) is 2. The van der Waals surface area contributed by atoms with Crippen LogP contribution in [0.25, 0.3) is 33.2 Å². The third kappa shape index (κ3) is 6.52. The van der Waals surface area contributed by atoms with Gasteiger partial charge in [0.1, 0.15) is 11.5 Å². The van der Waals surface area contributed by atoms with Crippen LogP contribution in [0.15, 0.2) is 59.5 Å². The van der Waals surface area contributed by atoms with Gasteiger partial charge < -0.3 is 25.4 Å². The number of pyridine rings is 2. The number of halogens is 5. The maximum atomic E-state index is 13.8. The van der Waals surface area contributed by atoms with E-state index in [1.807, 2.05) is 18.2 Å². The SMILES string of the molecule is COc1nc(-c2cccc(-c3cccc(Nc4nc(C(F)(F)F)cc5cnn(C)c(=O)c45)c3Cl)c2Cl)cc2c1C(N1CCC3(CN(CCO)C(=O)N3)C1)CC2. The van der Waals surface area contributed by atoms with Crippen LogP contribution in [-0.2, 0) is 19.6 Å². The van der Waals surface area contributed by atoms with Crippen LogP contribution in [0.2, 0.25) is 10.0 Å². The van der Waals surface area contributed by atoms with Gasteiger partial charge in [-0.2, -0.15) is 18.3 Å². The van der Waals surface area contributed by atoms with E-state index in [-0.39, 0.29) is 51.5 Å². The number of methoxy groups -OCH3 is 1. The molecular weight excluding hydrogens is 760 g/mol. The second-order valence-electron chi connectivity index (χ2n) is 14.1. The third-order valence-corrected chi connectivity index (χ3v) is 11.5. The van der Waals surface area contributed by atoms with Gasteiger partial charge in [0.2, 0.25) is 5.88 Å². The molecule has 0 radical (unpaired) electrons. The molecule has 3 aromatic heterocycles. The molecule has 0 saturated carbocycles. The van der Waals surface area contributed by atoms with E-state index < -0.39 is 17.4 Å². The van der Waals surface area contributed by atoms with Crippen molar-refractivity contribution in [1.29, 1.82) is 0 Å². The van der Waals surface area contributed by atoms with Crippen molar-refractivity contribution in [2.45, 2.75) is 37.0 Å². The third-order valence-electron chi connectivity index (χ3n) is 10.7. The average Bonchev–Trinajstić information content (AvgIpc) is 3.86. The van der Waals surface area contributed by atoms with Crippen LogP contribution >= 0.6 is 23.2 Å². The lowest BCUT2D eigenvalue weighted by Crippen LogP contribution is -2.46. The van der Waals surface area contributed by atoms with Gasteiger partial charge in [0.15, 0.2) is 0 Å². The Kier molecular flexibility index (Phi) is 9.39. The van der Waals surface area contributed by atoms with Crippen LogP contribution in [0.3, 0.4) is 0 Å². The maximum Gasteiger partial charge on any atom is 0.433 e. The number of nitrogens with zero attached hydrogens (tertiary/aromatic N) is 6. The van der Waals surface area contributed by atoms with E-state index in [0.717, 1.165) is 47.7 Å². The number of ether oxygens (including phenoxy) is 1. The van der Waals surface area contributed by atoms with Crippen LogP contribution in [0.4, 0.5) is 29.5 Å². The van der Waals surface area contributed by atoms with Crippen molar-refractivity contribution in [2.24, 2.45) is 7.05 Å². The second-order valence-corrected chi connectivity index (χ2v) is 14.8. The van der Waals surface area contributed by atoms with Crippen LogP contribution in [-0.4, -0.2) is 86.1 Å². The van der Waals surface area contributed by atoms with Gasteiger partial charge in [0, 0.05) is 66.9 Å². The zero-order valence-electron chi connectivity index (χ0n) is 29.7. The Balaban J connectivity index is 1.11. The Morgan fingerprint density at radius 1 is 1.05 bits per heavy atom. The zero-order valence-corrected chi connectivity index (χ0v) is 31.2. The fourth-order valence-corrected chi connectivity index (χ4v) is 8.72. The van der Waals surface area contributed by atoms with Crippen molar-refractivity contribution >= 4 is 51.5 Å². The number of aromatic nitrogens is 4. The summed E-state index contributed by atoms with van der Waals surface area (Å²) in [6.45, 7) is 2.22. The quantitative estimate of drug-likeness (QED) is 0.159. The van der Waals surface area contributed by atoms with Crippen LogP contribution in [0.5, 0.6) is 5.88 Å². The lowest BCUT2D eigenvalue weighted by atomic mass is 9.99. The van der Waals surface area contributed by atoms with Crippen molar-refractivity contribution in [2.75, 3.05) is 45.2 Å². The number of hydrogen-bond acceptors (Lipinski definition) is 9. The number of likely N-dealkylation sites (tertiary alicyclic amines) is 1. The first-order valence-corrected chi connectivity index (χ1v) is 18.4. The number of rotatable bonds is 8. The first-order chi connectivity index (χ1) is 26.3. The molecule has 12 nitrogen and oxygen atoms in total. The largest absolute Gasteiger partial charge is 0.481 e. The Labute approximate surface area is 322 Å². The number of β-amino-alcohol motifs (C(OH)–C–C–N with tert-alkyl or cyclic N) is 1. The number of aliphatic hydroxyl groups excluding tert-OH is 1. The molecule has 2 atom stereocenters. The molecule has 1 spiro atoms. The van der Waals surface area contributed by atoms with Gasteiger partial charge in [-0.05, 0) is 43.0 Å². The molecule has 2 aromatic carbocycles. The standard InChI is InChI=1S/C38H35Cl2F3N8O4/c1-49-35(53)30-21(17-44-49)16-28(38(41,42)43)47-33(30)45-25-8-4-6-23(32(25)40)22-5-3-7-24(31(22)39)26-15-20-9-10-27(29(20)34(46-26)55-2)50-12-11-37(18-50)19-51(13-14-52)36(54)48-37/h3-8,15-17,27,52H,9-14,18-19H2,1-2H3,(H,45,47)(H,48,54). The van der Waals surface area contributed by atoms with E-state index in [1.54, 1.807) is 36.3 Å². The summed E-state index contributed by atoms with van der Waals surface area (Å²) < 4.78 is 48.4. The number of alkyl halides is 3. The number of amides is 2. The van der Waals surface area contributed by atoms with Crippen molar-refractivity contribution < 1.29 is 27.8 Å². The number of hydrogen-bond donors (Lipinski definition) is 3. The molecule has 3 N–H and O–H groups in total. The smallest absolute Gasteiger partial charge is 0.433 e. The molecule has 2 amide bonds. The van der Waals surface area contributed by atoms with E-state index in [4.69, 9.17) is 32.9 Å². The Morgan fingerprint density at radius 2 is 1.80 bits per heavy atom. The lowest BCUT2D eigenvalue weighted by Gasteiger charge is -2.28. The molecule has 3 aliphatic rings. The molecule has 5 aromatic rings. The number of carbonyl (C=O) groups excluding carboxylic acids is 1. The van der Waals surface area contributed by atoms with E-state index >= 15 is 0 Å². The Morgan fingerprint density at radius 3 is 2.55 bits per heavy atom. The molecule has 55 heavy (non-hydrogen) atoms. The summed E-state index contributed by atoms with van der Waals surface area (Å²) in [6, 6.07) is 13.1. The summed E-state index contributed by atoms with van der Waals surface area (Å²) in [6.07, 6.45) is -1.17. The van der Waals surface area contributed by atoms with Crippen molar-refractivity contribution in [1.82, 2.24) is 34.9 Å². The van der Waals surface area contributed by atoms with Gasteiger partial charge >= 0.3 is 12.2 Å². The number of urea groups is 1. The highest BCUT2D eigenvalue weighted by molar-refractivity contribution is 6.39. The van der Waals surface area contributed by atoms with E-state index in [0.29, 0.717) is 52.9 Å². The number of carbonyl (C=O) groups is 1. The number of aliphatic hydroxyl groups is 1. The van der Waals surface area contributed by atoms with E-state index in [2.05, 4.69) is 25.6 Å². The van der Waals surface area contributed by atoms with E-state index in [1.165, 1.54) is 13.2 Å². The summed E-state index contributed by atoms with van der Waals surface area (Å²) in [5, 5.41) is 19.7. The summed E-state index contributed by atoms with van der Waals surface area (Å²) in [4.78, 5) is 38.4. The summed E-state index contributed by atoms with van der Waals surface area (Å²) in [7, 11) is 2.98.